The zero-order chi connectivity index (χ0) is 27.1. The van der Waals surface area contributed by atoms with Crippen molar-refractivity contribution in [2.24, 2.45) is 5.73 Å². The number of aliphatic hydroxyl groups is 1. The lowest BCUT2D eigenvalue weighted by molar-refractivity contribution is -0.118. The minimum atomic E-state index is -0.545. The number of aromatic nitrogens is 2. The minimum Gasteiger partial charge on any atom is -0.493 e. The van der Waals surface area contributed by atoms with Gasteiger partial charge in [0.25, 0.3) is 0 Å². The van der Waals surface area contributed by atoms with Crippen LogP contribution in [0.15, 0.2) is 60.8 Å². The van der Waals surface area contributed by atoms with E-state index in [2.05, 4.69) is 39.5 Å². The summed E-state index contributed by atoms with van der Waals surface area (Å²) >= 11 is 0. The highest BCUT2D eigenvalue weighted by atomic mass is 19.1. The number of carbonyl (C=O) groups excluding carboxylic acids is 1. The molecule has 202 valence electrons. The molecule has 38 heavy (non-hydrogen) atoms. The van der Waals surface area contributed by atoms with E-state index < -0.39 is 11.7 Å². The van der Waals surface area contributed by atoms with Crippen LogP contribution in [0.2, 0.25) is 0 Å². The van der Waals surface area contributed by atoms with Gasteiger partial charge in [0.15, 0.2) is 0 Å². The molecule has 11 nitrogen and oxygen atoms in total. The Morgan fingerprint density at radius 1 is 1.24 bits per heavy atom. The van der Waals surface area contributed by atoms with Crippen LogP contribution >= 0.6 is 0 Å². The highest BCUT2D eigenvalue weighted by molar-refractivity contribution is 5.90. The van der Waals surface area contributed by atoms with Crippen LogP contribution in [0.4, 0.5) is 15.9 Å². The predicted octanol–water partition coefficient (Wildman–Crippen LogP) is 2.18. The second-order valence-electron chi connectivity index (χ2n) is 9.09. The summed E-state index contributed by atoms with van der Waals surface area (Å²) in [5.41, 5.74) is 9.70. The predicted molar refractivity (Wildman–Crippen MR) is 143 cm³/mol. The fourth-order valence-corrected chi connectivity index (χ4v) is 4.14. The molecule has 1 aliphatic rings. The monoisotopic (exact) mass is 524 g/mol. The maximum Gasteiger partial charge on any atom is 0.239 e. The number of primary amides is 1. The summed E-state index contributed by atoms with van der Waals surface area (Å²) in [4.78, 5) is 22.6. The van der Waals surface area contributed by atoms with Crippen molar-refractivity contribution in [3.05, 3.63) is 66.6 Å². The van der Waals surface area contributed by atoms with E-state index >= 15 is 0 Å². The molecule has 0 radical (unpaired) electrons. The molecule has 12 heteroatoms. The van der Waals surface area contributed by atoms with Crippen LogP contribution in [-0.2, 0) is 4.79 Å². The number of hydrazine groups is 2. The van der Waals surface area contributed by atoms with Crippen molar-refractivity contribution in [3.63, 3.8) is 0 Å². The molecule has 1 amide bonds. The van der Waals surface area contributed by atoms with E-state index in [0.29, 0.717) is 47.8 Å². The van der Waals surface area contributed by atoms with Gasteiger partial charge in [-0.05, 0) is 44.5 Å². The first kappa shape index (κ1) is 26.9. The number of hydrogen-bond donors (Lipinski definition) is 4. The molecule has 4 rings (SSSR count). The lowest BCUT2D eigenvalue weighted by Crippen LogP contribution is -2.46. The average molecular weight is 525 g/mol. The standard InChI is InChI=1S/C26H33FN8O3/c1-18(2)33(10-11-36)9-4-12-38-21-7-8-22-23(14-21)29-17-30-26(22)31-25-16-34(15-24(28)37)35(32-25)20-6-3-5-19(27)13-20/h3,5-8,13-14,16-18,32,36H,4,9-12,15H2,1-2H3,(H2,28,37)(H,29,30,31). The maximum absolute atomic E-state index is 13.8. The number of fused-ring (bicyclic) bond motifs is 1. The molecular formula is C26H33FN8O3. The first-order valence-corrected chi connectivity index (χ1v) is 12.4. The summed E-state index contributed by atoms with van der Waals surface area (Å²) in [6, 6.07) is 11.9. The zero-order valence-corrected chi connectivity index (χ0v) is 21.5. The zero-order valence-electron chi connectivity index (χ0n) is 21.5. The number of amides is 1. The van der Waals surface area contributed by atoms with Crippen molar-refractivity contribution in [1.82, 2.24) is 25.3 Å². The number of benzene rings is 2. The van der Waals surface area contributed by atoms with E-state index in [1.807, 2.05) is 18.2 Å². The van der Waals surface area contributed by atoms with E-state index in [9.17, 15) is 14.3 Å². The molecule has 0 unspecified atom stereocenters. The van der Waals surface area contributed by atoms with Crippen LogP contribution in [0.25, 0.3) is 10.9 Å². The summed E-state index contributed by atoms with van der Waals surface area (Å²) in [5, 5.41) is 16.3. The SMILES string of the molecule is CC(C)N(CCO)CCCOc1ccc2c(NC3=CN(CC(N)=O)N(c4cccc(F)c4)N3)ncnc2c1. The second kappa shape index (κ2) is 12.4. The molecule has 1 aromatic heterocycles. The highest BCUT2D eigenvalue weighted by Gasteiger charge is 2.24. The van der Waals surface area contributed by atoms with Gasteiger partial charge in [-0.15, -0.1) is 0 Å². The first-order chi connectivity index (χ1) is 18.3. The number of nitrogens with one attached hydrogen (secondary N) is 2. The van der Waals surface area contributed by atoms with E-state index in [1.54, 1.807) is 18.3 Å². The van der Waals surface area contributed by atoms with E-state index in [0.717, 1.165) is 18.4 Å². The number of hydrogen-bond acceptors (Lipinski definition) is 10. The second-order valence-corrected chi connectivity index (χ2v) is 9.09. The summed E-state index contributed by atoms with van der Waals surface area (Å²) in [6.07, 6.45) is 3.93. The van der Waals surface area contributed by atoms with Crippen LogP contribution in [0.5, 0.6) is 5.75 Å². The number of nitrogens with two attached hydrogens (primary N) is 1. The molecule has 0 saturated carbocycles. The molecule has 0 atom stereocenters. The van der Waals surface area contributed by atoms with E-state index in [-0.39, 0.29) is 13.2 Å². The van der Waals surface area contributed by atoms with Gasteiger partial charge in [0.2, 0.25) is 5.91 Å². The van der Waals surface area contributed by atoms with Gasteiger partial charge in [0.1, 0.15) is 36.1 Å². The van der Waals surface area contributed by atoms with Crippen molar-refractivity contribution in [1.29, 1.82) is 0 Å². The summed E-state index contributed by atoms with van der Waals surface area (Å²) < 4.78 is 19.8. The number of halogens is 1. The van der Waals surface area contributed by atoms with Crippen LogP contribution in [0.3, 0.4) is 0 Å². The third-order valence-corrected chi connectivity index (χ3v) is 5.97. The molecular weight excluding hydrogens is 491 g/mol. The quantitative estimate of drug-likeness (QED) is 0.247. The van der Waals surface area contributed by atoms with Gasteiger partial charge >= 0.3 is 0 Å². The number of nitrogens with zero attached hydrogens (tertiary/aromatic N) is 5. The Kier molecular flexibility index (Phi) is 8.77. The fourth-order valence-electron chi connectivity index (χ4n) is 4.14. The molecule has 2 heterocycles. The first-order valence-electron chi connectivity index (χ1n) is 12.4. The number of ether oxygens (including phenoxy) is 1. The van der Waals surface area contributed by atoms with Gasteiger partial charge in [-0.2, -0.15) is 5.12 Å². The smallest absolute Gasteiger partial charge is 0.239 e. The number of aliphatic hydroxyl groups excluding tert-OH is 1. The summed E-state index contributed by atoms with van der Waals surface area (Å²) in [6.45, 7) is 6.26. The number of rotatable bonds is 13. The summed E-state index contributed by atoms with van der Waals surface area (Å²) in [5.74, 6) is 0.789. The largest absolute Gasteiger partial charge is 0.493 e. The average Bonchev–Trinajstić information content (AvgIpc) is 3.27. The molecule has 0 aliphatic carbocycles. The van der Waals surface area contributed by atoms with Gasteiger partial charge in [0.05, 0.1) is 30.6 Å². The Balaban J connectivity index is 1.43. The molecule has 2 aromatic carbocycles. The lowest BCUT2D eigenvalue weighted by atomic mass is 10.2. The van der Waals surface area contributed by atoms with Crippen molar-refractivity contribution in [3.8, 4) is 5.75 Å². The number of anilines is 2. The maximum atomic E-state index is 13.8. The van der Waals surface area contributed by atoms with Crippen LogP contribution in [-0.4, -0.2) is 69.8 Å². The number of carbonyl (C=O) groups is 1. The molecule has 1 aliphatic heterocycles. The lowest BCUT2D eigenvalue weighted by Gasteiger charge is -2.29. The Morgan fingerprint density at radius 2 is 2.08 bits per heavy atom. The van der Waals surface area contributed by atoms with Gasteiger partial charge in [-0.1, -0.05) is 6.07 Å². The fraction of sp³-hybridized carbons (Fsp3) is 0.346. The third-order valence-electron chi connectivity index (χ3n) is 5.97. The minimum absolute atomic E-state index is 0.116. The van der Waals surface area contributed by atoms with Gasteiger partial charge in [0, 0.05) is 36.7 Å². The highest BCUT2D eigenvalue weighted by Crippen LogP contribution is 2.27. The summed E-state index contributed by atoms with van der Waals surface area (Å²) in [7, 11) is 0. The molecule has 0 fully saturated rings. The van der Waals surface area contributed by atoms with Crippen LogP contribution in [0, 0.1) is 5.82 Å². The van der Waals surface area contributed by atoms with E-state index in [1.165, 1.54) is 28.6 Å². The van der Waals surface area contributed by atoms with E-state index in [4.69, 9.17) is 10.5 Å². The van der Waals surface area contributed by atoms with Crippen LogP contribution in [0.1, 0.15) is 20.3 Å². The topological polar surface area (TPSA) is 132 Å². The molecule has 0 spiro atoms. The van der Waals surface area contributed by atoms with Crippen molar-refractivity contribution in [2.75, 3.05) is 43.3 Å². The Bertz CT molecular complexity index is 1290. The van der Waals surface area contributed by atoms with Crippen molar-refractivity contribution >= 4 is 28.3 Å². The Morgan fingerprint density at radius 3 is 2.82 bits per heavy atom. The van der Waals surface area contributed by atoms with Crippen molar-refractivity contribution < 1.29 is 19.0 Å². The normalized spacial score (nSPS) is 13.3. The van der Waals surface area contributed by atoms with Gasteiger partial charge in [-0.3, -0.25) is 20.1 Å². The van der Waals surface area contributed by atoms with Gasteiger partial charge in [-0.25, -0.2) is 14.4 Å². The molecule has 5 N–H and O–H groups in total. The van der Waals surface area contributed by atoms with Crippen molar-refractivity contribution in [2.45, 2.75) is 26.3 Å². The molecule has 0 bridgehead atoms. The van der Waals surface area contributed by atoms with Crippen LogP contribution < -0.4 is 26.3 Å². The third kappa shape index (κ3) is 6.78. The Hall–Kier alpha value is -4.16. The Labute approximate surface area is 220 Å². The molecule has 0 saturated heterocycles. The van der Waals surface area contributed by atoms with Gasteiger partial charge < -0.3 is 20.9 Å². The molecule has 3 aromatic rings.